The van der Waals surface area contributed by atoms with Crippen LogP contribution >= 0.6 is 11.3 Å². The first-order valence-electron chi connectivity index (χ1n) is 11.0. The highest BCUT2D eigenvalue weighted by molar-refractivity contribution is 7.13. The van der Waals surface area contributed by atoms with Gasteiger partial charge in [-0.3, -0.25) is 4.79 Å². The number of benzene rings is 1. The summed E-state index contributed by atoms with van der Waals surface area (Å²) >= 11 is 1.20. The second-order valence-corrected chi connectivity index (χ2v) is 9.17. The molecule has 1 aromatic heterocycles. The van der Waals surface area contributed by atoms with Crippen LogP contribution < -0.4 is 4.90 Å². The number of carboxylic acids is 1. The van der Waals surface area contributed by atoms with Crippen molar-refractivity contribution in [2.75, 3.05) is 11.5 Å². The van der Waals surface area contributed by atoms with Crippen molar-refractivity contribution in [3.8, 4) is 0 Å². The van der Waals surface area contributed by atoms with E-state index in [9.17, 15) is 14.7 Å². The third-order valence-corrected chi connectivity index (χ3v) is 6.69. The molecule has 1 fully saturated rings. The number of anilines is 1. The maximum Gasteiger partial charge on any atom is 0.345 e. The highest BCUT2D eigenvalue weighted by atomic mass is 32.1. The molecule has 0 radical (unpaired) electrons. The number of unbranched alkanes of at least 4 members (excludes halogenated alkanes) is 3. The molecule has 1 saturated heterocycles. The molecule has 0 spiro atoms. The Morgan fingerprint density at radius 1 is 1.19 bits per heavy atom. The molecule has 3 rings (SSSR count). The summed E-state index contributed by atoms with van der Waals surface area (Å²) in [5.41, 5.74) is 1.70. The van der Waals surface area contributed by atoms with Gasteiger partial charge < -0.3 is 19.8 Å². The third-order valence-electron chi connectivity index (χ3n) is 5.64. The summed E-state index contributed by atoms with van der Waals surface area (Å²) in [6.07, 6.45) is 6.02. The third kappa shape index (κ3) is 6.38. The Balaban J connectivity index is 1.54. The molecule has 6 nitrogen and oxygen atoms in total. The summed E-state index contributed by atoms with van der Waals surface area (Å²) in [6.45, 7) is 2.90. The van der Waals surface area contributed by atoms with Crippen LogP contribution in [-0.2, 0) is 16.1 Å². The molecule has 2 aromatic rings. The van der Waals surface area contributed by atoms with Gasteiger partial charge in [0.05, 0.1) is 25.4 Å². The van der Waals surface area contributed by atoms with Crippen LogP contribution in [0.1, 0.15) is 78.1 Å². The zero-order valence-electron chi connectivity index (χ0n) is 18.0. The molecule has 2 N–H and O–H groups in total. The Hall–Kier alpha value is -2.22. The standard InChI is InChI=1S/C24H31NO5S/c1-2-3-4-5-6-21(26)17-7-9-18(10-8-17)25-19(11-14-23(25)27)15-30-16-20-12-13-22(31-20)24(28)29/h7-10,12-13,19,21,26H,2-6,11,14-16H2,1H3,(H,28,29)/t19?,21-/m0/s1. The van der Waals surface area contributed by atoms with E-state index >= 15 is 0 Å². The predicted octanol–water partition coefficient (Wildman–Crippen LogP) is 5.16. The maximum atomic E-state index is 12.5. The fraction of sp³-hybridized carbons (Fsp3) is 0.500. The van der Waals surface area contributed by atoms with Crippen LogP contribution in [0.3, 0.4) is 0 Å². The number of hydrogen-bond donors (Lipinski definition) is 2. The average molecular weight is 446 g/mol. The number of thiophene rings is 1. The summed E-state index contributed by atoms with van der Waals surface area (Å²) in [7, 11) is 0. The molecule has 0 aliphatic carbocycles. The molecule has 1 aliphatic heterocycles. The number of ether oxygens (including phenoxy) is 1. The Kier molecular flexibility index (Phi) is 8.63. The van der Waals surface area contributed by atoms with Crippen molar-refractivity contribution in [1.82, 2.24) is 0 Å². The summed E-state index contributed by atoms with van der Waals surface area (Å²) in [4.78, 5) is 26.4. The molecule has 1 aliphatic rings. The van der Waals surface area contributed by atoms with Crippen LogP contribution in [0, 0.1) is 0 Å². The van der Waals surface area contributed by atoms with E-state index in [0.717, 1.165) is 41.8 Å². The van der Waals surface area contributed by atoms with E-state index in [1.54, 1.807) is 17.0 Å². The number of aliphatic hydroxyl groups excluding tert-OH is 1. The second-order valence-electron chi connectivity index (χ2n) is 8.00. The fourth-order valence-electron chi connectivity index (χ4n) is 3.91. The van der Waals surface area contributed by atoms with Crippen LogP contribution in [0.4, 0.5) is 5.69 Å². The Morgan fingerprint density at radius 2 is 1.97 bits per heavy atom. The average Bonchev–Trinajstić information content (AvgIpc) is 3.38. The van der Waals surface area contributed by atoms with E-state index in [4.69, 9.17) is 9.84 Å². The van der Waals surface area contributed by atoms with Crippen molar-refractivity contribution in [2.45, 2.75) is 70.6 Å². The lowest BCUT2D eigenvalue weighted by Gasteiger charge is -2.25. The number of amides is 1. The molecule has 31 heavy (non-hydrogen) atoms. The van der Waals surface area contributed by atoms with E-state index in [0.29, 0.717) is 24.5 Å². The number of aromatic carboxylic acids is 1. The quantitative estimate of drug-likeness (QED) is 0.441. The molecule has 168 valence electrons. The van der Waals surface area contributed by atoms with Crippen molar-refractivity contribution < 1.29 is 24.5 Å². The maximum absolute atomic E-state index is 12.5. The molecule has 0 bridgehead atoms. The van der Waals surface area contributed by atoms with Gasteiger partial charge in [-0.15, -0.1) is 11.3 Å². The molecule has 1 amide bonds. The molecule has 2 heterocycles. The van der Waals surface area contributed by atoms with Crippen molar-refractivity contribution in [3.05, 3.63) is 51.7 Å². The first kappa shape index (κ1) is 23.4. The number of carboxylic acid groups (broad SMARTS) is 1. The number of carbonyl (C=O) groups excluding carboxylic acids is 1. The van der Waals surface area contributed by atoms with Crippen LogP contribution in [0.2, 0.25) is 0 Å². The van der Waals surface area contributed by atoms with E-state index in [2.05, 4.69) is 6.92 Å². The second kappa shape index (κ2) is 11.4. The normalized spacial score (nSPS) is 17.3. The molecule has 1 unspecified atom stereocenters. The predicted molar refractivity (Wildman–Crippen MR) is 122 cm³/mol. The summed E-state index contributed by atoms with van der Waals surface area (Å²) in [5, 5.41) is 19.4. The van der Waals surface area contributed by atoms with Gasteiger partial charge in [-0.05, 0) is 42.7 Å². The molecular weight excluding hydrogens is 414 g/mol. The molecular formula is C24H31NO5S. The number of hydrogen-bond acceptors (Lipinski definition) is 5. The lowest BCUT2D eigenvalue weighted by Crippen LogP contribution is -2.36. The van der Waals surface area contributed by atoms with Gasteiger partial charge in [-0.25, -0.2) is 4.79 Å². The summed E-state index contributed by atoms with van der Waals surface area (Å²) in [6, 6.07) is 10.9. The van der Waals surface area contributed by atoms with Crippen molar-refractivity contribution in [3.63, 3.8) is 0 Å². The van der Waals surface area contributed by atoms with Crippen LogP contribution in [0.15, 0.2) is 36.4 Å². The molecule has 1 aromatic carbocycles. The van der Waals surface area contributed by atoms with Crippen molar-refractivity contribution in [1.29, 1.82) is 0 Å². The lowest BCUT2D eigenvalue weighted by atomic mass is 10.0. The zero-order valence-corrected chi connectivity index (χ0v) is 18.8. The Labute approximate surface area is 187 Å². The van der Waals surface area contributed by atoms with Crippen molar-refractivity contribution >= 4 is 28.9 Å². The largest absolute Gasteiger partial charge is 0.477 e. The van der Waals surface area contributed by atoms with E-state index in [-0.39, 0.29) is 11.9 Å². The first-order chi connectivity index (χ1) is 15.0. The minimum absolute atomic E-state index is 0.0452. The SMILES string of the molecule is CCCCCC[C@H](O)c1ccc(N2C(=O)CCC2COCc2ccc(C(=O)O)s2)cc1. The Bertz CT molecular complexity index is 863. The monoisotopic (exact) mass is 445 g/mol. The van der Waals surface area contributed by atoms with E-state index in [1.165, 1.54) is 24.2 Å². The van der Waals surface area contributed by atoms with Gasteiger partial charge in [0, 0.05) is 17.0 Å². The summed E-state index contributed by atoms with van der Waals surface area (Å²) in [5.74, 6) is -0.857. The number of carbonyl (C=O) groups is 2. The Morgan fingerprint density at radius 3 is 2.65 bits per heavy atom. The lowest BCUT2D eigenvalue weighted by molar-refractivity contribution is -0.117. The molecule has 7 heteroatoms. The highest BCUT2D eigenvalue weighted by Crippen LogP contribution is 2.29. The van der Waals surface area contributed by atoms with Gasteiger partial charge in [0.25, 0.3) is 0 Å². The van der Waals surface area contributed by atoms with Gasteiger partial charge in [-0.2, -0.15) is 0 Å². The van der Waals surface area contributed by atoms with Crippen LogP contribution in [0.25, 0.3) is 0 Å². The number of aliphatic hydroxyl groups is 1. The van der Waals surface area contributed by atoms with Gasteiger partial charge in [0.1, 0.15) is 4.88 Å². The van der Waals surface area contributed by atoms with E-state index in [1.807, 2.05) is 24.3 Å². The minimum atomic E-state index is -0.932. The van der Waals surface area contributed by atoms with E-state index < -0.39 is 12.1 Å². The minimum Gasteiger partial charge on any atom is -0.477 e. The first-order valence-corrected chi connectivity index (χ1v) is 11.8. The zero-order chi connectivity index (χ0) is 22.2. The van der Waals surface area contributed by atoms with Gasteiger partial charge in [-0.1, -0.05) is 44.7 Å². The topological polar surface area (TPSA) is 87.1 Å². The van der Waals surface area contributed by atoms with Gasteiger partial charge in [0.15, 0.2) is 0 Å². The van der Waals surface area contributed by atoms with Gasteiger partial charge >= 0.3 is 5.97 Å². The fourth-order valence-corrected chi connectivity index (χ4v) is 4.69. The van der Waals surface area contributed by atoms with Gasteiger partial charge in [0.2, 0.25) is 5.91 Å². The molecule has 2 atom stereocenters. The number of nitrogens with zero attached hydrogens (tertiary/aromatic N) is 1. The smallest absolute Gasteiger partial charge is 0.345 e. The number of rotatable bonds is 12. The van der Waals surface area contributed by atoms with Crippen molar-refractivity contribution in [2.24, 2.45) is 0 Å². The molecule has 0 saturated carbocycles. The summed E-state index contributed by atoms with van der Waals surface area (Å²) < 4.78 is 5.81. The van der Waals surface area contributed by atoms with Crippen LogP contribution in [-0.4, -0.2) is 34.7 Å². The van der Waals surface area contributed by atoms with Crippen LogP contribution in [0.5, 0.6) is 0 Å². The highest BCUT2D eigenvalue weighted by Gasteiger charge is 2.32.